The zero-order valence-electron chi connectivity index (χ0n) is 10.0. The number of aliphatic carboxylic acids is 1. The van der Waals surface area contributed by atoms with Crippen molar-refractivity contribution in [2.45, 2.75) is 33.2 Å². The molecule has 0 aromatic carbocycles. The summed E-state index contributed by atoms with van der Waals surface area (Å²) in [6.45, 7) is 5.13. The van der Waals surface area contributed by atoms with E-state index in [0.717, 1.165) is 11.5 Å². The van der Waals surface area contributed by atoms with Crippen LogP contribution < -0.4 is 0 Å². The first-order chi connectivity index (χ1) is 7.97. The predicted octanol–water partition coefficient (Wildman–Crippen LogP) is 1.04. The Labute approximate surface area is 103 Å². The Kier molecular flexibility index (Phi) is 4.56. The monoisotopic (exact) mass is 257 g/mol. The molecule has 1 aromatic rings. The van der Waals surface area contributed by atoms with Crippen molar-refractivity contribution in [3.8, 4) is 0 Å². The summed E-state index contributed by atoms with van der Waals surface area (Å²) in [4.78, 5) is 24.6. The van der Waals surface area contributed by atoms with Crippen LogP contribution in [-0.2, 0) is 11.2 Å². The van der Waals surface area contributed by atoms with Gasteiger partial charge in [0.25, 0.3) is 5.91 Å². The Hall–Kier alpha value is -1.50. The molecule has 94 valence electrons. The van der Waals surface area contributed by atoms with Crippen molar-refractivity contribution in [2.24, 2.45) is 0 Å². The molecule has 1 heterocycles. The Morgan fingerprint density at radius 1 is 1.47 bits per heavy atom. The van der Waals surface area contributed by atoms with Crippen molar-refractivity contribution >= 4 is 23.4 Å². The number of rotatable bonds is 5. The second-order valence-corrected chi connectivity index (χ2v) is 4.58. The van der Waals surface area contributed by atoms with Crippen LogP contribution in [-0.4, -0.2) is 44.1 Å². The summed E-state index contributed by atoms with van der Waals surface area (Å²) in [5, 5.41) is 12.6. The summed E-state index contributed by atoms with van der Waals surface area (Å²) in [6, 6.07) is -0.176. The van der Waals surface area contributed by atoms with Crippen LogP contribution >= 0.6 is 11.5 Å². The molecule has 0 spiro atoms. The standard InChI is InChI=1S/C10H15N3O3S/c1-4-7-9(17-12-11-7)10(16)13(6(2)3)5-8(14)15/h6H,4-5H2,1-3H3,(H,14,15). The number of hydrogen-bond acceptors (Lipinski definition) is 5. The van der Waals surface area contributed by atoms with E-state index in [1.807, 2.05) is 6.92 Å². The van der Waals surface area contributed by atoms with E-state index in [1.54, 1.807) is 13.8 Å². The van der Waals surface area contributed by atoms with Gasteiger partial charge in [0.2, 0.25) is 0 Å². The molecule has 0 radical (unpaired) electrons. The smallest absolute Gasteiger partial charge is 0.323 e. The van der Waals surface area contributed by atoms with Gasteiger partial charge in [-0.2, -0.15) is 0 Å². The molecule has 0 aliphatic rings. The molecule has 0 unspecified atom stereocenters. The number of amides is 1. The summed E-state index contributed by atoms with van der Waals surface area (Å²) >= 11 is 1.01. The molecule has 1 N–H and O–H groups in total. The first-order valence-electron chi connectivity index (χ1n) is 5.31. The summed E-state index contributed by atoms with van der Waals surface area (Å²) in [5.41, 5.74) is 0.621. The van der Waals surface area contributed by atoms with Gasteiger partial charge in [-0.3, -0.25) is 9.59 Å². The van der Waals surface area contributed by atoms with Crippen molar-refractivity contribution < 1.29 is 14.7 Å². The van der Waals surface area contributed by atoms with Crippen LogP contribution in [0.1, 0.15) is 36.1 Å². The van der Waals surface area contributed by atoms with Crippen LogP contribution in [0, 0.1) is 0 Å². The molecule has 1 rings (SSSR count). The minimum Gasteiger partial charge on any atom is -0.480 e. The Bertz CT molecular complexity index is 417. The maximum absolute atomic E-state index is 12.2. The first-order valence-corrected chi connectivity index (χ1v) is 6.08. The van der Waals surface area contributed by atoms with E-state index in [1.165, 1.54) is 4.90 Å². The number of carbonyl (C=O) groups is 2. The van der Waals surface area contributed by atoms with E-state index in [9.17, 15) is 9.59 Å². The first kappa shape index (κ1) is 13.6. The number of nitrogens with zero attached hydrogens (tertiary/aromatic N) is 3. The van der Waals surface area contributed by atoms with E-state index < -0.39 is 5.97 Å². The van der Waals surface area contributed by atoms with E-state index in [-0.39, 0.29) is 18.5 Å². The van der Waals surface area contributed by atoms with Crippen molar-refractivity contribution in [3.05, 3.63) is 10.6 Å². The molecule has 0 bridgehead atoms. The molecular weight excluding hydrogens is 242 g/mol. The fourth-order valence-electron chi connectivity index (χ4n) is 1.37. The normalized spacial score (nSPS) is 10.6. The molecule has 1 amide bonds. The van der Waals surface area contributed by atoms with Gasteiger partial charge in [0, 0.05) is 6.04 Å². The van der Waals surface area contributed by atoms with Gasteiger partial charge in [0.1, 0.15) is 11.4 Å². The van der Waals surface area contributed by atoms with Gasteiger partial charge < -0.3 is 10.0 Å². The second-order valence-electron chi connectivity index (χ2n) is 3.82. The number of aromatic nitrogens is 2. The molecule has 6 nitrogen and oxygen atoms in total. The highest BCUT2D eigenvalue weighted by atomic mass is 32.1. The van der Waals surface area contributed by atoms with Crippen molar-refractivity contribution in [1.82, 2.24) is 14.5 Å². The molecule has 7 heteroatoms. The van der Waals surface area contributed by atoms with Crippen molar-refractivity contribution in [1.29, 1.82) is 0 Å². The predicted molar refractivity (Wildman–Crippen MR) is 63.1 cm³/mol. The second kappa shape index (κ2) is 5.72. The number of hydrogen-bond donors (Lipinski definition) is 1. The quantitative estimate of drug-likeness (QED) is 0.852. The largest absolute Gasteiger partial charge is 0.480 e. The highest BCUT2D eigenvalue weighted by molar-refractivity contribution is 7.08. The highest BCUT2D eigenvalue weighted by Crippen LogP contribution is 2.15. The lowest BCUT2D eigenvalue weighted by atomic mass is 10.2. The molecule has 17 heavy (non-hydrogen) atoms. The lowest BCUT2D eigenvalue weighted by molar-refractivity contribution is -0.138. The minimum absolute atomic E-state index is 0.176. The molecule has 0 aliphatic heterocycles. The molecule has 0 saturated carbocycles. The lowest BCUT2D eigenvalue weighted by Crippen LogP contribution is -2.40. The molecule has 0 saturated heterocycles. The number of carboxylic acid groups (broad SMARTS) is 1. The molecule has 0 fully saturated rings. The van der Waals surface area contributed by atoms with Gasteiger partial charge in [-0.15, -0.1) is 5.10 Å². The molecule has 0 aliphatic carbocycles. The van der Waals surface area contributed by atoms with E-state index in [2.05, 4.69) is 9.59 Å². The van der Waals surface area contributed by atoms with Gasteiger partial charge >= 0.3 is 5.97 Å². The number of carboxylic acids is 1. The maximum Gasteiger partial charge on any atom is 0.323 e. The van der Waals surface area contributed by atoms with Gasteiger partial charge in [-0.05, 0) is 31.8 Å². The van der Waals surface area contributed by atoms with Crippen LogP contribution in [0.15, 0.2) is 0 Å². The fraction of sp³-hybridized carbons (Fsp3) is 0.600. The average Bonchev–Trinajstić information content (AvgIpc) is 2.72. The van der Waals surface area contributed by atoms with Crippen LogP contribution in [0.3, 0.4) is 0 Å². The third-order valence-corrected chi connectivity index (χ3v) is 3.03. The molecular formula is C10H15N3O3S. The number of aryl methyl sites for hydroxylation is 1. The zero-order chi connectivity index (χ0) is 13.0. The Morgan fingerprint density at radius 3 is 2.59 bits per heavy atom. The summed E-state index contributed by atoms with van der Waals surface area (Å²) in [7, 11) is 0. The summed E-state index contributed by atoms with van der Waals surface area (Å²) in [6.07, 6.45) is 0.608. The zero-order valence-corrected chi connectivity index (χ0v) is 10.8. The van der Waals surface area contributed by atoms with Crippen LogP contribution in [0.25, 0.3) is 0 Å². The number of carbonyl (C=O) groups excluding carboxylic acids is 1. The minimum atomic E-state index is -1.03. The third kappa shape index (κ3) is 3.23. The highest BCUT2D eigenvalue weighted by Gasteiger charge is 2.25. The molecule has 0 atom stereocenters. The van der Waals surface area contributed by atoms with E-state index >= 15 is 0 Å². The van der Waals surface area contributed by atoms with Crippen molar-refractivity contribution in [2.75, 3.05) is 6.54 Å². The van der Waals surface area contributed by atoms with Gasteiger partial charge in [0.15, 0.2) is 0 Å². The summed E-state index contributed by atoms with van der Waals surface area (Å²) in [5.74, 6) is -1.34. The fourth-order valence-corrected chi connectivity index (χ4v) is 2.07. The van der Waals surface area contributed by atoms with Gasteiger partial charge in [-0.25, -0.2) is 0 Å². The van der Waals surface area contributed by atoms with Crippen molar-refractivity contribution in [3.63, 3.8) is 0 Å². The molecule has 1 aromatic heterocycles. The average molecular weight is 257 g/mol. The lowest BCUT2D eigenvalue weighted by Gasteiger charge is -2.24. The van der Waals surface area contributed by atoms with Crippen LogP contribution in [0.4, 0.5) is 0 Å². The third-order valence-electron chi connectivity index (χ3n) is 2.27. The van der Waals surface area contributed by atoms with E-state index in [4.69, 9.17) is 5.11 Å². The van der Waals surface area contributed by atoms with Crippen LogP contribution in [0.5, 0.6) is 0 Å². The van der Waals surface area contributed by atoms with Crippen LogP contribution in [0.2, 0.25) is 0 Å². The SMILES string of the molecule is CCc1nnsc1C(=O)N(CC(=O)O)C(C)C. The maximum atomic E-state index is 12.2. The van der Waals surface area contributed by atoms with Gasteiger partial charge in [-0.1, -0.05) is 11.4 Å². The topological polar surface area (TPSA) is 83.4 Å². The Morgan fingerprint density at radius 2 is 2.12 bits per heavy atom. The van der Waals surface area contributed by atoms with Gasteiger partial charge in [0.05, 0.1) is 5.69 Å². The summed E-state index contributed by atoms with van der Waals surface area (Å²) < 4.78 is 3.73. The van der Waals surface area contributed by atoms with E-state index in [0.29, 0.717) is 17.0 Å². The Balaban J connectivity index is 2.95.